The van der Waals surface area contributed by atoms with Crippen LogP contribution in [0.15, 0.2) is 15.6 Å². The first-order chi connectivity index (χ1) is 10.9. The van der Waals surface area contributed by atoms with E-state index in [1.54, 1.807) is 6.20 Å². The molecule has 6 nitrogen and oxygen atoms in total. The highest BCUT2D eigenvalue weighted by atomic mass is 16.4. The molecule has 0 radical (unpaired) electrons. The fraction of sp³-hybridized carbons (Fsp3) is 0.706. The van der Waals surface area contributed by atoms with Gasteiger partial charge in [-0.05, 0) is 26.2 Å². The number of hydrogen-bond donors (Lipinski definition) is 2. The summed E-state index contributed by atoms with van der Waals surface area (Å²) >= 11 is 0. The molecule has 1 aromatic heterocycles. The Balaban J connectivity index is 2.01. The first-order valence-corrected chi connectivity index (χ1v) is 8.33. The van der Waals surface area contributed by atoms with Crippen molar-refractivity contribution < 1.29 is 4.42 Å². The maximum Gasteiger partial charge on any atom is 0.216 e. The summed E-state index contributed by atoms with van der Waals surface area (Å²) in [6.07, 6.45) is 4.83. The van der Waals surface area contributed by atoms with Crippen LogP contribution in [0.5, 0.6) is 0 Å². The van der Waals surface area contributed by atoms with Crippen LogP contribution in [0.25, 0.3) is 0 Å². The van der Waals surface area contributed by atoms with E-state index in [-0.39, 0.29) is 17.4 Å². The molecule has 0 aliphatic heterocycles. The molecule has 1 aromatic rings. The van der Waals surface area contributed by atoms with Crippen LogP contribution in [-0.4, -0.2) is 23.5 Å². The number of guanidine groups is 1. The van der Waals surface area contributed by atoms with Gasteiger partial charge in [-0.25, -0.2) is 9.98 Å². The molecule has 0 amide bonds. The van der Waals surface area contributed by atoms with Gasteiger partial charge in [0.1, 0.15) is 12.3 Å². The Bertz CT molecular complexity index is 579. The number of aliphatic imine (C=N–C) groups is 1. The van der Waals surface area contributed by atoms with E-state index < -0.39 is 0 Å². The molecule has 1 heterocycles. The second kappa shape index (κ2) is 7.49. The minimum Gasteiger partial charge on any atom is -0.443 e. The molecule has 2 unspecified atom stereocenters. The van der Waals surface area contributed by atoms with E-state index in [1.165, 1.54) is 0 Å². The molecule has 0 aromatic carbocycles. The van der Waals surface area contributed by atoms with Gasteiger partial charge < -0.3 is 15.1 Å². The number of nitrogens with zero attached hydrogens (tertiary/aromatic N) is 3. The maximum absolute atomic E-state index is 9.19. The van der Waals surface area contributed by atoms with Gasteiger partial charge in [0.15, 0.2) is 5.96 Å². The summed E-state index contributed by atoms with van der Waals surface area (Å²) < 4.78 is 5.76. The molecule has 2 N–H and O–H groups in total. The predicted molar refractivity (Wildman–Crippen MR) is 89.9 cm³/mol. The van der Waals surface area contributed by atoms with Crippen LogP contribution in [-0.2, 0) is 12.0 Å². The zero-order valence-electron chi connectivity index (χ0n) is 14.5. The quantitative estimate of drug-likeness (QED) is 0.658. The summed E-state index contributed by atoms with van der Waals surface area (Å²) in [5, 5.41) is 15.8. The van der Waals surface area contributed by atoms with Crippen LogP contribution in [0.2, 0.25) is 0 Å². The minimum absolute atomic E-state index is 0.0540. The van der Waals surface area contributed by atoms with Crippen molar-refractivity contribution >= 4 is 5.96 Å². The standard InChI is InChI=1S/C17H27N5O/c1-5-19-16(22-13-8-6-7-12(13)9-18)21-11-15-20-10-14(23-15)17(2,3)4/h10,12-13H,5-8,11H2,1-4H3,(H2,19,21,22). The molecule has 2 rings (SSSR count). The topological polar surface area (TPSA) is 86.2 Å². The Morgan fingerprint density at radius 1 is 1.48 bits per heavy atom. The third-order valence-corrected chi connectivity index (χ3v) is 4.01. The molecule has 23 heavy (non-hydrogen) atoms. The van der Waals surface area contributed by atoms with Gasteiger partial charge in [-0.1, -0.05) is 20.8 Å². The Morgan fingerprint density at radius 2 is 2.26 bits per heavy atom. The zero-order valence-corrected chi connectivity index (χ0v) is 14.5. The number of rotatable bonds is 4. The molecule has 1 aliphatic rings. The van der Waals surface area contributed by atoms with Crippen LogP contribution in [0, 0.1) is 17.2 Å². The monoisotopic (exact) mass is 317 g/mol. The van der Waals surface area contributed by atoms with Gasteiger partial charge in [0.05, 0.1) is 18.2 Å². The van der Waals surface area contributed by atoms with E-state index in [0.29, 0.717) is 12.4 Å². The highest BCUT2D eigenvalue weighted by molar-refractivity contribution is 5.80. The molecule has 0 spiro atoms. The largest absolute Gasteiger partial charge is 0.443 e. The summed E-state index contributed by atoms with van der Waals surface area (Å²) in [5.74, 6) is 2.25. The average molecular weight is 317 g/mol. The van der Waals surface area contributed by atoms with Crippen LogP contribution in [0.3, 0.4) is 0 Å². The summed E-state index contributed by atoms with van der Waals surface area (Å²) in [5.41, 5.74) is -0.0540. The maximum atomic E-state index is 9.19. The normalized spacial score (nSPS) is 22.0. The first kappa shape index (κ1) is 17.3. The van der Waals surface area contributed by atoms with Crippen molar-refractivity contribution in [3.05, 3.63) is 17.8 Å². The lowest BCUT2D eigenvalue weighted by molar-refractivity contribution is 0.383. The fourth-order valence-corrected chi connectivity index (χ4v) is 2.66. The van der Waals surface area contributed by atoms with Crippen molar-refractivity contribution in [1.29, 1.82) is 5.26 Å². The molecular formula is C17H27N5O. The Hall–Kier alpha value is -2.03. The SMILES string of the molecule is CCNC(=NCc1ncc(C(C)(C)C)o1)NC1CCCC1C#N. The Morgan fingerprint density at radius 3 is 2.87 bits per heavy atom. The molecule has 0 saturated heterocycles. The molecule has 1 aliphatic carbocycles. The third kappa shape index (κ3) is 4.72. The first-order valence-electron chi connectivity index (χ1n) is 8.33. The second-order valence-electron chi connectivity index (χ2n) is 6.98. The number of hydrogen-bond acceptors (Lipinski definition) is 4. The molecule has 126 valence electrons. The van der Waals surface area contributed by atoms with Crippen LogP contribution < -0.4 is 10.6 Å². The van der Waals surface area contributed by atoms with E-state index in [2.05, 4.69) is 47.5 Å². The fourth-order valence-electron chi connectivity index (χ4n) is 2.66. The van der Waals surface area contributed by atoms with Crippen LogP contribution >= 0.6 is 0 Å². The second-order valence-corrected chi connectivity index (χ2v) is 6.98. The van der Waals surface area contributed by atoms with Gasteiger partial charge in [-0.3, -0.25) is 0 Å². The minimum atomic E-state index is -0.0540. The molecule has 0 bridgehead atoms. The zero-order chi connectivity index (χ0) is 16.9. The van der Waals surface area contributed by atoms with E-state index >= 15 is 0 Å². The van der Waals surface area contributed by atoms with E-state index in [1.807, 2.05) is 6.92 Å². The summed E-state index contributed by atoms with van der Waals surface area (Å²) in [6.45, 7) is 9.46. The lowest BCUT2D eigenvalue weighted by atomic mass is 9.94. The van der Waals surface area contributed by atoms with Crippen molar-refractivity contribution in [2.75, 3.05) is 6.54 Å². The highest BCUT2D eigenvalue weighted by Gasteiger charge is 2.27. The van der Waals surface area contributed by atoms with Crippen molar-refractivity contribution in [2.24, 2.45) is 10.9 Å². The Labute approximate surface area is 138 Å². The lowest BCUT2D eigenvalue weighted by Crippen LogP contribution is -2.44. The van der Waals surface area contributed by atoms with Gasteiger partial charge in [0.2, 0.25) is 5.89 Å². The van der Waals surface area contributed by atoms with Crippen molar-refractivity contribution in [3.8, 4) is 6.07 Å². The average Bonchev–Trinajstić information content (AvgIpc) is 3.13. The lowest BCUT2D eigenvalue weighted by Gasteiger charge is -2.19. The van der Waals surface area contributed by atoms with Gasteiger partial charge in [-0.2, -0.15) is 5.26 Å². The van der Waals surface area contributed by atoms with Gasteiger partial charge in [0, 0.05) is 18.0 Å². The van der Waals surface area contributed by atoms with E-state index in [0.717, 1.165) is 37.5 Å². The van der Waals surface area contributed by atoms with Gasteiger partial charge in [-0.15, -0.1) is 0 Å². The Kier molecular flexibility index (Phi) is 5.64. The number of nitriles is 1. The van der Waals surface area contributed by atoms with Gasteiger partial charge in [0.25, 0.3) is 0 Å². The van der Waals surface area contributed by atoms with Crippen molar-refractivity contribution in [3.63, 3.8) is 0 Å². The smallest absolute Gasteiger partial charge is 0.216 e. The summed E-state index contributed by atoms with van der Waals surface area (Å²) in [6, 6.07) is 2.55. The molecule has 1 fully saturated rings. The predicted octanol–water partition coefficient (Wildman–Crippen LogP) is 2.72. The van der Waals surface area contributed by atoms with Crippen molar-refractivity contribution in [2.45, 2.75) is 65.0 Å². The summed E-state index contributed by atoms with van der Waals surface area (Å²) in [4.78, 5) is 8.84. The number of oxazole rings is 1. The van der Waals surface area contributed by atoms with Crippen LogP contribution in [0.4, 0.5) is 0 Å². The van der Waals surface area contributed by atoms with E-state index in [4.69, 9.17) is 4.42 Å². The third-order valence-electron chi connectivity index (χ3n) is 4.01. The van der Waals surface area contributed by atoms with Crippen LogP contribution in [0.1, 0.15) is 58.6 Å². The molecule has 1 saturated carbocycles. The number of aromatic nitrogens is 1. The number of nitrogens with one attached hydrogen (secondary N) is 2. The molecule has 2 atom stereocenters. The molecule has 6 heteroatoms. The molecular weight excluding hydrogens is 290 g/mol. The van der Waals surface area contributed by atoms with Gasteiger partial charge >= 0.3 is 0 Å². The highest BCUT2D eigenvalue weighted by Crippen LogP contribution is 2.25. The summed E-state index contributed by atoms with van der Waals surface area (Å²) in [7, 11) is 0. The van der Waals surface area contributed by atoms with E-state index in [9.17, 15) is 5.26 Å². The van der Waals surface area contributed by atoms with Crippen molar-refractivity contribution in [1.82, 2.24) is 15.6 Å².